The second kappa shape index (κ2) is 12.4. The zero-order chi connectivity index (χ0) is 26.2. The molecule has 2 aromatic carbocycles. The highest BCUT2D eigenvalue weighted by molar-refractivity contribution is 5.97. The van der Waals surface area contributed by atoms with E-state index >= 15 is 0 Å². The average Bonchev–Trinajstić information content (AvgIpc) is 2.79. The highest BCUT2D eigenvalue weighted by Crippen LogP contribution is 2.33. The first-order valence-electron chi connectivity index (χ1n) is 11.1. The second-order valence-corrected chi connectivity index (χ2v) is 8.10. The van der Waals surface area contributed by atoms with Gasteiger partial charge in [0.2, 0.25) is 0 Å². The highest BCUT2D eigenvalue weighted by atomic mass is 19.4. The van der Waals surface area contributed by atoms with Gasteiger partial charge in [-0.1, -0.05) is 19.1 Å². The molecule has 0 aromatic heterocycles. The largest absolute Gasteiger partial charge is 0.496 e. The molecule has 2 N–H and O–H groups in total. The molecule has 0 heterocycles. The van der Waals surface area contributed by atoms with E-state index in [1.165, 1.54) is 7.11 Å². The van der Waals surface area contributed by atoms with Crippen molar-refractivity contribution < 1.29 is 42.1 Å². The molecule has 192 valence electrons. The Kier molecular flexibility index (Phi) is 9.94. The third-order valence-electron chi connectivity index (χ3n) is 4.93. The van der Waals surface area contributed by atoms with Crippen molar-refractivity contribution in [3.05, 3.63) is 58.7 Å². The summed E-state index contributed by atoms with van der Waals surface area (Å²) in [4.78, 5) is 24.3. The molecule has 0 spiro atoms. The minimum atomic E-state index is -4.57. The summed E-state index contributed by atoms with van der Waals surface area (Å²) in [6.07, 6.45) is -5.23. The number of hydrogen-bond acceptors (Lipinski definition) is 5. The van der Waals surface area contributed by atoms with Crippen LogP contribution in [0.2, 0.25) is 0 Å². The van der Waals surface area contributed by atoms with Gasteiger partial charge in [0.05, 0.1) is 30.9 Å². The lowest BCUT2D eigenvalue weighted by atomic mass is 10.0. The first-order valence-corrected chi connectivity index (χ1v) is 11.1. The van der Waals surface area contributed by atoms with Crippen LogP contribution in [0.5, 0.6) is 11.5 Å². The molecule has 0 fully saturated rings. The SMILES string of the molecule is CCCOc1cc(C(F)(F)F)ccc1C(=O)NCc1cc(CC(OC(C)C)C(=O)O)ccc1OC. The van der Waals surface area contributed by atoms with Crippen molar-refractivity contribution in [3.8, 4) is 11.5 Å². The fourth-order valence-electron chi connectivity index (χ4n) is 3.32. The zero-order valence-electron chi connectivity index (χ0n) is 20.1. The molecule has 0 aliphatic carbocycles. The molecule has 1 amide bonds. The van der Waals surface area contributed by atoms with Gasteiger partial charge in [0.25, 0.3) is 5.91 Å². The van der Waals surface area contributed by atoms with E-state index in [-0.39, 0.29) is 37.0 Å². The summed E-state index contributed by atoms with van der Waals surface area (Å²) < 4.78 is 55.5. The Labute approximate surface area is 202 Å². The molecule has 2 aromatic rings. The van der Waals surface area contributed by atoms with Crippen LogP contribution in [0.4, 0.5) is 13.2 Å². The second-order valence-electron chi connectivity index (χ2n) is 8.10. The van der Waals surface area contributed by atoms with Crippen molar-refractivity contribution in [2.45, 2.75) is 58.5 Å². The zero-order valence-corrected chi connectivity index (χ0v) is 20.1. The number of amides is 1. The number of carboxylic acid groups (broad SMARTS) is 1. The first kappa shape index (κ1) is 28.0. The van der Waals surface area contributed by atoms with Crippen molar-refractivity contribution >= 4 is 11.9 Å². The summed E-state index contributed by atoms with van der Waals surface area (Å²) >= 11 is 0. The maximum absolute atomic E-state index is 13.1. The van der Waals surface area contributed by atoms with Crippen molar-refractivity contribution in [3.63, 3.8) is 0 Å². The van der Waals surface area contributed by atoms with Crippen LogP contribution in [0, 0.1) is 0 Å². The number of carbonyl (C=O) groups is 2. The molecule has 2 rings (SSSR count). The Morgan fingerprint density at radius 3 is 2.37 bits per heavy atom. The summed E-state index contributed by atoms with van der Waals surface area (Å²) in [5, 5.41) is 12.1. The van der Waals surface area contributed by atoms with E-state index in [2.05, 4.69) is 5.32 Å². The predicted molar refractivity (Wildman–Crippen MR) is 123 cm³/mol. The standard InChI is InChI=1S/C25H30F3NO6/c1-5-10-34-21-13-18(25(26,27)28)7-8-19(21)23(30)29-14-17-11-16(6-9-20(17)33-4)12-22(24(31)32)35-15(2)3/h6-9,11,13,15,22H,5,10,12,14H2,1-4H3,(H,29,30)(H,31,32). The van der Waals surface area contributed by atoms with Crippen LogP contribution in [0.25, 0.3) is 0 Å². The van der Waals surface area contributed by atoms with Gasteiger partial charge in [-0.2, -0.15) is 13.2 Å². The van der Waals surface area contributed by atoms with Crippen molar-refractivity contribution in [1.82, 2.24) is 5.32 Å². The number of hydrogen-bond donors (Lipinski definition) is 2. The van der Waals surface area contributed by atoms with Crippen LogP contribution in [-0.4, -0.2) is 42.9 Å². The van der Waals surface area contributed by atoms with Gasteiger partial charge in [-0.05, 0) is 50.1 Å². The fourth-order valence-corrected chi connectivity index (χ4v) is 3.32. The monoisotopic (exact) mass is 497 g/mol. The van der Waals surface area contributed by atoms with Crippen molar-refractivity contribution in [1.29, 1.82) is 0 Å². The summed E-state index contributed by atoms with van der Waals surface area (Å²) in [6, 6.07) is 7.77. The number of rotatable bonds is 12. The number of benzene rings is 2. The normalized spacial score (nSPS) is 12.3. The van der Waals surface area contributed by atoms with Crippen LogP contribution in [0.15, 0.2) is 36.4 Å². The molecule has 0 aliphatic heterocycles. The average molecular weight is 498 g/mol. The molecule has 1 unspecified atom stereocenters. The van der Waals surface area contributed by atoms with Crippen LogP contribution in [-0.2, 0) is 28.7 Å². The van der Waals surface area contributed by atoms with E-state index in [0.717, 1.165) is 18.2 Å². The Balaban J connectivity index is 2.24. The summed E-state index contributed by atoms with van der Waals surface area (Å²) in [5.41, 5.74) is 0.281. The van der Waals surface area contributed by atoms with E-state index in [4.69, 9.17) is 14.2 Å². The maximum Gasteiger partial charge on any atom is 0.416 e. The third kappa shape index (κ3) is 8.17. The number of alkyl halides is 3. The summed E-state index contributed by atoms with van der Waals surface area (Å²) in [5.74, 6) is -1.41. The Morgan fingerprint density at radius 1 is 1.09 bits per heavy atom. The summed E-state index contributed by atoms with van der Waals surface area (Å²) in [6.45, 7) is 5.43. The molecule has 0 saturated heterocycles. The molecule has 0 saturated carbocycles. The van der Waals surface area contributed by atoms with Crippen LogP contribution in [0.1, 0.15) is 54.2 Å². The van der Waals surface area contributed by atoms with E-state index in [0.29, 0.717) is 23.3 Å². The van der Waals surface area contributed by atoms with Gasteiger partial charge in [-0.15, -0.1) is 0 Å². The maximum atomic E-state index is 13.1. The van der Waals surface area contributed by atoms with Crippen LogP contribution in [0.3, 0.4) is 0 Å². The highest BCUT2D eigenvalue weighted by Gasteiger charge is 2.32. The first-order chi connectivity index (χ1) is 16.5. The lowest BCUT2D eigenvalue weighted by molar-refractivity contribution is -0.153. The third-order valence-corrected chi connectivity index (χ3v) is 4.93. The molecule has 10 heteroatoms. The number of ether oxygens (including phenoxy) is 3. The molecule has 0 radical (unpaired) electrons. The van der Waals surface area contributed by atoms with Gasteiger partial charge in [-0.25, -0.2) is 4.79 Å². The van der Waals surface area contributed by atoms with E-state index in [1.54, 1.807) is 39.0 Å². The molecule has 1 atom stereocenters. The fraction of sp³-hybridized carbons (Fsp3) is 0.440. The van der Waals surface area contributed by atoms with Gasteiger partial charge >= 0.3 is 12.1 Å². The van der Waals surface area contributed by atoms with Gasteiger partial charge in [0, 0.05) is 18.5 Å². The lowest BCUT2D eigenvalue weighted by Gasteiger charge is -2.18. The van der Waals surface area contributed by atoms with E-state index < -0.39 is 29.7 Å². The molecular formula is C25H30F3NO6. The smallest absolute Gasteiger partial charge is 0.416 e. The van der Waals surface area contributed by atoms with Gasteiger partial charge in [-0.3, -0.25) is 4.79 Å². The minimum Gasteiger partial charge on any atom is -0.496 e. The van der Waals surface area contributed by atoms with Crippen LogP contribution < -0.4 is 14.8 Å². The Bertz CT molecular complexity index is 1020. The summed E-state index contributed by atoms with van der Waals surface area (Å²) in [7, 11) is 1.45. The van der Waals surface area contributed by atoms with Gasteiger partial charge in [0.15, 0.2) is 6.10 Å². The number of nitrogens with one attached hydrogen (secondary N) is 1. The number of halogens is 3. The quantitative estimate of drug-likeness (QED) is 0.435. The predicted octanol–water partition coefficient (Wildman–Crippen LogP) is 4.85. The van der Waals surface area contributed by atoms with Crippen molar-refractivity contribution in [2.24, 2.45) is 0 Å². The molecule has 35 heavy (non-hydrogen) atoms. The number of carboxylic acids is 1. The van der Waals surface area contributed by atoms with E-state index in [9.17, 15) is 27.9 Å². The van der Waals surface area contributed by atoms with Gasteiger partial charge < -0.3 is 24.6 Å². The van der Waals surface area contributed by atoms with Gasteiger partial charge in [0.1, 0.15) is 11.5 Å². The Morgan fingerprint density at radius 2 is 1.80 bits per heavy atom. The minimum absolute atomic E-state index is 0.00708. The number of methoxy groups -OCH3 is 1. The molecule has 0 bridgehead atoms. The number of aliphatic carboxylic acids is 1. The molecule has 7 nitrogen and oxygen atoms in total. The number of carbonyl (C=O) groups excluding carboxylic acids is 1. The lowest BCUT2D eigenvalue weighted by Crippen LogP contribution is -2.29. The van der Waals surface area contributed by atoms with Crippen molar-refractivity contribution in [2.75, 3.05) is 13.7 Å². The Hall–Kier alpha value is -3.27. The van der Waals surface area contributed by atoms with E-state index in [1.807, 2.05) is 0 Å². The molecular weight excluding hydrogens is 467 g/mol. The van der Waals surface area contributed by atoms with Crippen LogP contribution >= 0.6 is 0 Å². The topological polar surface area (TPSA) is 94.1 Å². The molecule has 0 aliphatic rings.